The second-order valence-corrected chi connectivity index (χ2v) is 28.3. The first-order chi connectivity index (χ1) is 22.3. The fourth-order valence-corrected chi connectivity index (χ4v) is 25.3. The number of unbranched alkanes of at least 4 members (excludes halogenated alkanes) is 3. The number of amides is 1. The Hall–Kier alpha value is -1.59. The normalized spacial score (nSPS) is 19.5. The Labute approximate surface area is 292 Å². The first-order valence-electron chi connectivity index (χ1n) is 18.1. The number of rotatable bonds is 14. The monoisotopic (exact) mass is 783 g/mol. The number of carbonyl (C=O) groups excluding carboxylic acids is 1. The van der Waals surface area contributed by atoms with Gasteiger partial charge in [0.2, 0.25) is 0 Å². The molecule has 2 unspecified atom stereocenters. The zero-order chi connectivity index (χ0) is 34.4. The fraction of sp³-hybridized carbons (Fsp3) is 0.750. The molecule has 4 rings (SSSR count). The average Bonchev–Trinajstić information content (AvgIpc) is 3.43. The number of carbonyl (C=O) groups is 1. The van der Waals surface area contributed by atoms with Crippen LogP contribution in [0.25, 0.3) is 10.9 Å². The number of aromatic nitrogens is 2. The van der Waals surface area contributed by atoms with Crippen molar-refractivity contribution in [2.45, 2.75) is 131 Å². The maximum absolute atomic E-state index is 17.4. The Bertz CT molecular complexity index is 1340. The summed E-state index contributed by atoms with van der Waals surface area (Å²) in [5.74, 6) is 0.364. The SMILES string of the molecule is CCC[CH2][Sn]([CH2]CCC)([CH2]CCC)[c]1c(Cl)cc2c(N3CCN(C(=O)OC(C)(C)C)CC3C)nc(OCC3CCCN3C)nc2c1F. The second kappa shape index (κ2) is 16.9. The van der Waals surface area contributed by atoms with Crippen LogP contribution in [0.2, 0.25) is 18.3 Å². The number of benzene rings is 1. The van der Waals surface area contributed by atoms with E-state index < -0.39 is 24.0 Å². The van der Waals surface area contributed by atoms with Crippen LogP contribution in [0.1, 0.15) is 99.8 Å². The van der Waals surface area contributed by atoms with Gasteiger partial charge in [0.25, 0.3) is 0 Å². The molecule has 2 saturated heterocycles. The minimum absolute atomic E-state index is 0.0957. The Kier molecular flexibility index (Phi) is 13.7. The molecule has 1 amide bonds. The van der Waals surface area contributed by atoms with Crippen LogP contribution in [-0.2, 0) is 4.74 Å². The van der Waals surface area contributed by atoms with E-state index in [1.54, 1.807) is 4.90 Å². The standard InChI is InChI=1S/C24H32ClFN5O3.3C4H9.Sn/c1-15-13-30(23(32)34-24(2,3)4)9-10-31(15)21-18-11-16(25)12-19(26)20(18)27-22(28-21)33-14-17-7-6-8-29(17)5;3*1-3-4-2;/h11,15,17H,6-10,13-14H2,1-5H3;3*1,3-4H2,2H3;. The van der Waals surface area contributed by atoms with Gasteiger partial charge in [-0.05, 0) is 20.8 Å². The molecule has 264 valence electrons. The van der Waals surface area contributed by atoms with Gasteiger partial charge < -0.3 is 0 Å². The number of likely N-dealkylation sites (N-methyl/N-ethyl adjacent to an activating group) is 1. The number of hydrogen-bond donors (Lipinski definition) is 0. The molecule has 0 bridgehead atoms. The van der Waals surface area contributed by atoms with Crippen molar-refractivity contribution in [2.24, 2.45) is 0 Å². The average molecular weight is 783 g/mol. The van der Waals surface area contributed by atoms with Crippen molar-refractivity contribution >= 4 is 56.4 Å². The Morgan fingerprint density at radius 2 is 1.68 bits per heavy atom. The topological polar surface area (TPSA) is 71.0 Å². The van der Waals surface area contributed by atoms with E-state index in [9.17, 15) is 4.79 Å². The van der Waals surface area contributed by atoms with Crippen LogP contribution in [0.3, 0.4) is 0 Å². The number of halogens is 2. The molecule has 1 aromatic carbocycles. The quantitative estimate of drug-likeness (QED) is 0.178. The number of piperazine rings is 1. The molecular weight excluding hydrogens is 724 g/mol. The summed E-state index contributed by atoms with van der Waals surface area (Å²) in [5.41, 5.74) is -0.256. The maximum atomic E-state index is 17.4. The Morgan fingerprint density at radius 3 is 2.21 bits per heavy atom. The van der Waals surface area contributed by atoms with E-state index in [-0.39, 0.29) is 30.0 Å². The zero-order valence-electron chi connectivity index (χ0n) is 30.3. The van der Waals surface area contributed by atoms with Crippen LogP contribution in [0.4, 0.5) is 15.0 Å². The van der Waals surface area contributed by atoms with E-state index in [1.807, 2.05) is 26.8 Å². The van der Waals surface area contributed by atoms with Crippen molar-refractivity contribution in [1.82, 2.24) is 19.8 Å². The van der Waals surface area contributed by atoms with Gasteiger partial charge in [-0.15, -0.1) is 0 Å². The predicted molar refractivity (Wildman–Crippen MR) is 195 cm³/mol. The molecule has 3 heterocycles. The number of nitrogens with zero attached hydrogens (tertiary/aromatic N) is 5. The van der Waals surface area contributed by atoms with Crippen LogP contribution in [0.5, 0.6) is 6.01 Å². The van der Waals surface area contributed by atoms with Gasteiger partial charge in [0.1, 0.15) is 0 Å². The summed E-state index contributed by atoms with van der Waals surface area (Å²) in [6.45, 7) is 17.3. The van der Waals surface area contributed by atoms with E-state index in [0.29, 0.717) is 48.0 Å². The van der Waals surface area contributed by atoms with Crippen LogP contribution in [-0.4, -0.2) is 102 Å². The van der Waals surface area contributed by atoms with Gasteiger partial charge in [0.05, 0.1) is 0 Å². The molecule has 2 aromatic rings. The molecule has 0 N–H and O–H groups in total. The molecule has 2 atom stereocenters. The summed E-state index contributed by atoms with van der Waals surface area (Å²) < 4.78 is 33.5. The van der Waals surface area contributed by atoms with E-state index in [2.05, 4.69) is 44.5 Å². The summed E-state index contributed by atoms with van der Waals surface area (Å²) in [5, 5.41) is 1.15. The van der Waals surface area contributed by atoms with Gasteiger partial charge in [-0.3, -0.25) is 0 Å². The number of ether oxygens (including phenoxy) is 2. The molecule has 11 heteroatoms. The number of likely N-dealkylation sites (tertiary alicyclic amines) is 1. The van der Waals surface area contributed by atoms with Crippen molar-refractivity contribution in [1.29, 1.82) is 0 Å². The predicted octanol–water partition coefficient (Wildman–Crippen LogP) is 8.40. The van der Waals surface area contributed by atoms with E-state index in [1.165, 1.54) is 0 Å². The van der Waals surface area contributed by atoms with Gasteiger partial charge >= 0.3 is 273 Å². The first-order valence-corrected chi connectivity index (χ1v) is 26.0. The summed E-state index contributed by atoms with van der Waals surface area (Å²) in [6.07, 6.45) is 8.46. The summed E-state index contributed by atoms with van der Waals surface area (Å²) in [7, 11) is 2.11. The minimum atomic E-state index is -3.30. The number of hydrogen-bond acceptors (Lipinski definition) is 7. The molecule has 2 aliphatic heterocycles. The second-order valence-electron chi connectivity index (χ2n) is 14.9. The zero-order valence-corrected chi connectivity index (χ0v) is 33.9. The molecule has 0 spiro atoms. The van der Waals surface area contributed by atoms with Crippen LogP contribution < -0.4 is 13.2 Å². The van der Waals surface area contributed by atoms with E-state index >= 15 is 4.39 Å². The van der Waals surface area contributed by atoms with Crippen LogP contribution in [0.15, 0.2) is 6.07 Å². The first kappa shape index (κ1) is 38.2. The molecule has 0 radical (unpaired) electrons. The van der Waals surface area contributed by atoms with Crippen molar-refractivity contribution in [3.05, 3.63) is 16.9 Å². The van der Waals surface area contributed by atoms with Gasteiger partial charge in [0, 0.05) is 0 Å². The third-order valence-electron chi connectivity index (χ3n) is 10.0. The molecular formula is C36H59ClFN5O3Sn. The van der Waals surface area contributed by atoms with Crippen molar-refractivity contribution < 1.29 is 18.7 Å². The third-order valence-corrected chi connectivity index (χ3v) is 26.4. The van der Waals surface area contributed by atoms with Gasteiger partial charge in [-0.2, -0.15) is 0 Å². The summed E-state index contributed by atoms with van der Waals surface area (Å²) in [4.78, 5) is 28.9. The van der Waals surface area contributed by atoms with Gasteiger partial charge in [-0.1, -0.05) is 0 Å². The van der Waals surface area contributed by atoms with Crippen LogP contribution >= 0.6 is 11.6 Å². The van der Waals surface area contributed by atoms with Crippen molar-refractivity contribution in [3.8, 4) is 6.01 Å². The molecule has 0 aliphatic carbocycles. The van der Waals surface area contributed by atoms with Gasteiger partial charge in [0.15, 0.2) is 0 Å². The molecule has 2 fully saturated rings. The molecule has 47 heavy (non-hydrogen) atoms. The third kappa shape index (κ3) is 9.35. The Morgan fingerprint density at radius 1 is 1.04 bits per heavy atom. The number of fused-ring (bicyclic) bond motifs is 1. The summed E-state index contributed by atoms with van der Waals surface area (Å²) >= 11 is 3.94. The Balaban J connectivity index is 1.82. The molecule has 2 aliphatic rings. The number of anilines is 1. The van der Waals surface area contributed by atoms with E-state index in [4.69, 9.17) is 31.0 Å². The van der Waals surface area contributed by atoms with Crippen LogP contribution in [0, 0.1) is 5.82 Å². The van der Waals surface area contributed by atoms with E-state index in [0.717, 1.165) is 74.8 Å². The molecule has 0 saturated carbocycles. The van der Waals surface area contributed by atoms with Crippen molar-refractivity contribution in [3.63, 3.8) is 0 Å². The molecule has 1 aromatic heterocycles. The summed E-state index contributed by atoms with van der Waals surface area (Å²) in [6, 6.07) is 2.34. The van der Waals surface area contributed by atoms with Gasteiger partial charge in [-0.25, -0.2) is 0 Å². The molecule has 8 nitrogen and oxygen atoms in total. The fourth-order valence-electron chi connectivity index (χ4n) is 7.35. The van der Waals surface area contributed by atoms with Crippen molar-refractivity contribution in [2.75, 3.05) is 44.7 Å².